The van der Waals surface area contributed by atoms with Crippen LogP contribution >= 0.6 is 0 Å². The van der Waals surface area contributed by atoms with Crippen molar-refractivity contribution in [2.75, 3.05) is 49.3 Å². The smallest absolute Gasteiger partial charge is 0.323 e. The first-order valence-electron chi connectivity index (χ1n) is 10.8. The zero-order chi connectivity index (χ0) is 21.5. The summed E-state index contributed by atoms with van der Waals surface area (Å²) in [7, 11) is 4.27. The summed E-state index contributed by atoms with van der Waals surface area (Å²) in [6.45, 7) is 6.95. The van der Waals surface area contributed by atoms with Gasteiger partial charge in [0.25, 0.3) is 0 Å². The lowest BCUT2D eigenvalue weighted by molar-refractivity contribution is 0.262. The second-order valence-electron chi connectivity index (χ2n) is 8.16. The first-order valence-corrected chi connectivity index (χ1v) is 10.8. The number of anilines is 3. The molecule has 2 N–H and O–H groups in total. The fourth-order valence-corrected chi connectivity index (χ4v) is 3.66. The normalized spacial score (nSPS) is 16.0. The lowest BCUT2D eigenvalue weighted by Crippen LogP contribution is -2.31. The topological polar surface area (TPSA) is 56.8 Å². The Morgan fingerprint density at radius 3 is 2.47 bits per heavy atom. The number of aryl methyl sites for hydroxylation is 1. The Balaban J connectivity index is 1.52. The van der Waals surface area contributed by atoms with Crippen LogP contribution in [0.15, 0.2) is 42.5 Å². The van der Waals surface area contributed by atoms with E-state index < -0.39 is 0 Å². The summed E-state index contributed by atoms with van der Waals surface area (Å²) in [5, 5.41) is 5.80. The molecule has 2 aromatic rings. The summed E-state index contributed by atoms with van der Waals surface area (Å²) in [6, 6.07) is 14.1. The Bertz CT molecular complexity index is 836. The lowest BCUT2D eigenvalue weighted by Gasteiger charge is -2.22. The maximum absolute atomic E-state index is 12.4. The van der Waals surface area contributed by atoms with Crippen molar-refractivity contribution < 1.29 is 9.53 Å². The molecule has 1 fully saturated rings. The first-order chi connectivity index (χ1) is 14.5. The van der Waals surface area contributed by atoms with Gasteiger partial charge in [0.15, 0.2) is 0 Å². The quantitative estimate of drug-likeness (QED) is 0.604. The van der Waals surface area contributed by atoms with Gasteiger partial charge in [-0.15, -0.1) is 0 Å². The van der Waals surface area contributed by atoms with Crippen LogP contribution in [0.2, 0.25) is 0 Å². The van der Waals surface area contributed by atoms with Gasteiger partial charge in [0, 0.05) is 36.2 Å². The molecule has 1 aliphatic rings. The molecule has 1 heterocycles. The number of nitrogens with zero attached hydrogens (tertiary/aromatic N) is 2. The van der Waals surface area contributed by atoms with Gasteiger partial charge in [0.05, 0.1) is 6.61 Å². The van der Waals surface area contributed by atoms with Crippen LogP contribution < -0.4 is 20.3 Å². The number of carbonyl (C=O) groups is 1. The molecule has 30 heavy (non-hydrogen) atoms. The van der Waals surface area contributed by atoms with Crippen molar-refractivity contribution in [3.05, 3.63) is 48.0 Å². The Labute approximate surface area is 180 Å². The molecule has 0 radical (unpaired) electrons. The van der Waals surface area contributed by atoms with Gasteiger partial charge in [-0.2, -0.15) is 0 Å². The fourth-order valence-electron chi connectivity index (χ4n) is 3.66. The number of amides is 2. The number of ether oxygens (including phenoxy) is 1. The molecule has 1 aliphatic heterocycles. The monoisotopic (exact) mass is 410 g/mol. The van der Waals surface area contributed by atoms with E-state index in [4.69, 9.17) is 4.74 Å². The molecule has 6 nitrogen and oxygen atoms in total. The van der Waals surface area contributed by atoms with Crippen LogP contribution in [0.5, 0.6) is 5.75 Å². The van der Waals surface area contributed by atoms with Crippen molar-refractivity contribution in [3.8, 4) is 5.75 Å². The number of unbranched alkanes of at least 4 members (excludes halogenated alkanes) is 1. The molecule has 0 aliphatic carbocycles. The van der Waals surface area contributed by atoms with E-state index in [1.54, 1.807) is 0 Å². The highest BCUT2D eigenvalue weighted by Gasteiger charge is 2.23. The Morgan fingerprint density at radius 2 is 1.83 bits per heavy atom. The molecule has 0 saturated carbocycles. The van der Waals surface area contributed by atoms with Gasteiger partial charge in [0.2, 0.25) is 0 Å². The second-order valence-corrected chi connectivity index (χ2v) is 8.16. The molecule has 0 aromatic heterocycles. The van der Waals surface area contributed by atoms with Crippen molar-refractivity contribution in [1.29, 1.82) is 0 Å². The van der Waals surface area contributed by atoms with Gasteiger partial charge in [-0.25, -0.2) is 4.79 Å². The Morgan fingerprint density at radius 1 is 1.13 bits per heavy atom. The summed E-state index contributed by atoms with van der Waals surface area (Å²) in [6.07, 6.45) is 3.32. The number of rotatable bonds is 8. The number of hydrogen-bond donors (Lipinski definition) is 2. The van der Waals surface area contributed by atoms with E-state index in [9.17, 15) is 4.79 Å². The number of likely N-dealkylation sites (N-methyl/N-ethyl adjacent to an activating group) is 1. The second kappa shape index (κ2) is 10.3. The molecular formula is C24H34N4O2. The molecule has 0 bridgehead atoms. The summed E-state index contributed by atoms with van der Waals surface area (Å²) >= 11 is 0. The third kappa shape index (κ3) is 5.89. The van der Waals surface area contributed by atoms with Crippen LogP contribution in [-0.2, 0) is 0 Å². The summed E-state index contributed by atoms with van der Waals surface area (Å²) in [5.74, 6) is 0.864. The van der Waals surface area contributed by atoms with Crippen LogP contribution in [-0.4, -0.2) is 50.8 Å². The number of benzene rings is 2. The van der Waals surface area contributed by atoms with Crippen LogP contribution in [0.25, 0.3) is 0 Å². The molecular weight excluding hydrogens is 376 g/mol. The highest BCUT2D eigenvalue weighted by atomic mass is 16.5. The highest BCUT2D eigenvalue weighted by Crippen LogP contribution is 2.25. The standard InChI is InChI=1S/C24H34N4O2/c1-5-6-15-30-23-12-9-20(16-18(23)2)26-24(29)25-19-7-10-21(11-8-19)28-14-13-22(17-28)27(3)4/h7-12,16,22H,5-6,13-15,17H2,1-4H3,(H2,25,26,29). The molecule has 2 amide bonds. The number of carbonyl (C=O) groups excluding carboxylic acids is 1. The molecule has 0 spiro atoms. The fraction of sp³-hybridized carbons (Fsp3) is 0.458. The van der Waals surface area contributed by atoms with Crippen LogP contribution in [0.3, 0.4) is 0 Å². The molecule has 6 heteroatoms. The van der Waals surface area contributed by atoms with E-state index in [0.717, 1.165) is 48.6 Å². The van der Waals surface area contributed by atoms with Crippen molar-refractivity contribution in [2.45, 2.75) is 39.2 Å². The molecule has 1 atom stereocenters. The van der Waals surface area contributed by atoms with Gasteiger partial charge < -0.3 is 25.2 Å². The highest BCUT2D eigenvalue weighted by molar-refractivity contribution is 5.99. The predicted molar refractivity (Wildman–Crippen MR) is 125 cm³/mol. The SMILES string of the molecule is CCCCOc1ccc(NC(=O)Nc2ccc(N3CCC(N(C)C)C3)cc2)cc1C. The minimum Gasteiger partial charge on any atom is -0.493 e. The maximum Gasteiger partial charge on any atom is 0.323 e. The molecule has 1 unspecified atom stereocenters. The van der Waals surface area contributed by atoms with E-state index in [-0.39, 0.29) is 6.03 Å². The lowest BCUT2D eigenvalue weighted by atomic mass is 10.2. The predicted octanol–water partition coefficient (Wildman–Crippen LogP) is 4.96. The van der Waals surface area contributed by atoms with Gasteiger partial charge in [-0.1, -0.05) is 13.3 Å². The van der Waals surface area contributed by atoms with E-state index in [2.05, 4.69) is 53.6 Å². The third-order valence-electron chi connectivity index (χ3n) is 5.57. The minimum absolute atomic E-state index is 0.254. The van der Waals surface area contributed by atoms with Crippen LogP contribution in [0.4, 0.5) is 21.9 Å². The van der Waals surface area contributed by atoms with Crippen molar-refractivity contribution in [2.24, 2.45) is 0 Å². The first kappa shape index (κ1) is 22.0. The van der Waals surface area contributed by atoms with Crippen molar-refractivity contribution in [1.82, 2.24) is 4.90 Å². The minimum atomic E-state index is -0.254. The Hall–Kier alpha value is -2.73. The summed E-state index contributed by atoms with van der Waals surface area (Å²) in [5.41, 5.74) is 3.72. The Kier molecular flexibility index (Phi) is 7.57. The van der Waals surface area contributed by atoms with Gasteiger partial charge in [-0.05, 0) is 81.9 Å². The third-order valence-corrected chi connectivity index (χ3v) is 5.57. The number of urea groups is 1. The van der Waals surface area contributed by atoms with Crippen LogP contribution in [0.1, 0.15) is 31.7 Å². The molecule has 3 rings (SSSR count). The van der Waals surface area contributed by atoms with E-state index >= 15 is 0 Å². The van der Waals surface area contributed by atoms with E-state index in [0.29, 0.717) is 12.6 Å². The molecule has 1 saturated heterocycles. The average molecular weight is 411 g/mol. The molecule has 2 aromatic carbocycles. The van der Waals surface area contributed by atoms with Crippen molar-refractivity contribution in [3.63, 3.8) is 0 Å². The van der Waals surface area contributed by atoms with Gasteiger partial charge in [0.1, 0.15) is 5.75 Å². The van der Waals surface area contributed by atoms with Crippen molar-refractivity contribution >= 4 is 23.1 Å². The zero-order valence-electron chi connectivity index (χ0n) is 18.6. The summed E-state index contributed by atoms with van der Waals surface area (Å²) < 4.78 is 5.77. The van der Waals surface area contributed by atoms with Crippen LogP contribution in [0, 0.1) is 6.92 Å². The summed E-state index contributed by atoms with van der Waals surface area (Å²) in [4.78, 5) is 17.1. The maximum atomic E-state index is 12.4. The number of nitrogens with one attached hydrogen (secondary N) is 2. The number of hydrogen-bond acceptors (Lipinski definition) is 4. The molecule has 162 valence electrons. The van der Waals surface area contributed by atoms with E-state index in [1.807, 2.05) is 37.3 Å². The van der Waals surface area contributed by atoms with E-state index in [1.165, 1.54) is 12.1 Å². The van der Waals surface area contributed by atoms with Gasteiger partial charge >= 0.3 is 6.03 Å². The average Bonchev–Trinajstić information content (AvgIpc) is 3.21. The largest absolute Gasteiger partial charge is 0.493 e. The van der Waals surface area contributed by atoms with Gasteiger partial charge in [-0.3, -0.25) is 0 Å². The zero-order valence-corrected chi connectivity index (χ0v) is 18.6.